The van der Waals surface area contributed by atoms with Crippen LogP contribution >= 0.6 is 0 Å². The van der Waals surface area contributed by atoms with E-state index in [2.05, 4.69) is 10.4 Å². The Morgan fingerprint density at radius 1 is 1.62 bits per heavy atom. The van der Waals surface area contributed by atoms with Crippen LogP contribution in [0, 0.1) is 18.3 Å². The number of hydrogen-bond donors (Lipinski definition) is 1. The number of nitrogens with one attached hydrogen (secondary N) is 1. The van der Waals surface area contributed by atoms with E-state index in [0.717, 1.165) is 0 Å². The lowest BCUT2D eigenvalue weighted by Gasteiger charge is -2.12. The maximum atomic E-state index is 12.0. The van der Waals surface area contributed by atoms with Crippen LogP contribution in [0.15, 0.2) is 6.20 Å². The molecule has 1 aromatic heterocycles. The van der Waals surface area contributed by atoms with E-state index >= 15 is 0 Å². The molecule has 0 saturated carbocycles. The molecule has 0 saturated heterocycles. The zero-order chi connectivity index (χ0) is 12.3. The molecule has 0 aliphatic carbocycles. The molecule has 0 fully saturated rings. The molecule has 0 spiro atoms. The Hall–Kier alpha value is -1.55. The van der Waals surface area contributed by atoms with Crippen LogP contribution in [0.25, 0.3) is 0 Å². The SMILES string of the molecule is Cc1c(C(C#N)NCC(F)(F)F)cnn1C. The highest BCUT2D eigenvalue weighted by molar-refractivity contribution is 5.25. The van der Waals surface area contributed by atoms with Crippen LogP contribution in [-0.2, 0) is 7.05 Å². The molecule has 0 bridgehead atoms. The second kappa shape index (κ2) is 4.53. The zero-order valence-corrected chi connectivity index (χ0v) is 8.84. The Balaban J connectivity index is 2.77. The Morgan fingerprint density at radius 3 is 2.62 bits per heavy atom. The first-order valence-corrected chi connectivity index (χ1v) is 4.53. The summed E-state index contributed by atoms with van der Waals surface area (Å²) >= 11 is 0. The number of alkyl halides is 3. The van der Waals surface area contributed by atoms with Crippen molar-refractivity contribution in [3.63, 3.8) is 0 Å². The third kappa shape index (κ3) is 2.97. The summed E-state index contributed by atoms with van der Waals surface area (Å²) in [6.45, 7) is 0.501. The Labute approximate surface area is 90.7 Å². The van der Waals surface area contributed by atoms with Gasteiger partial charge in [0.15, 0.2) is 0 Å². The van der Waals surface area contributed by atoms with Crippen LogP contribution in [0.1, 0.15) is 17.3 Å². The first-order valence-electron chi connectivity index (χ1n) is 4.53. The van der Waals surface area contributed by atoms with Crippen LogP contribution in [-0.4, -0.2) is 22.5 Å². The molecule has 0 aromatic carbocycles. The summed E-state index contributed by atoms with van der Waals surface area (Å²) < 4.78 is 37.5. The smallest absolute Gasteiger partial charge is 0.290 e. The van der Waals surface area contributed by atoms with Gasteiger partial charge < -0.3 is 0 Å². The molecule has 0 radical (unpaired) electrons. The van der Waals surface area contributed by atoms with E-state index < -0.39 is 18.8 Å². The molecule has 1 rings (SSSR count). The highest BCUT2D eigenvalue weighted by Crippen LogP contribution is 2.19. The lowest BCUT2D eigenvalue weighted by Crippen LogP contribution is -2.31. The number of halogens is 3. The maximum Gasteiger partial charge on any atom is 0.401 e. The van der Waals surface area contributed by atoms with Gasteiger partial charge >= 0.3 is 6.18 Å². The molecule has 1 aromatic rings. The van der Waals surface area contributed by atoms with E-state index in [0.29, 0.717) is 11.3 Å². The number of aryl methyl sites for hydroxylation is 1. The van der Waals surface area contributed by atoms with Crippen molar-refractivity contribution in [2.75, 3.05) is 6.54 Å². The standard InChI is InChI=1S/C9H11F3N4/c1-6-7(4-15-16(6)2)8(3-13)14-5-9(10,11)12/h4,8,14H,5H2,1-2H3. The van der Waals surface area contributed by atoms with Gasteiger partial charge in [0.25, 0.3) is 0 Å². The van der Waals surface area contributed by atoms with Crippen molar-refractivity contribution >= 4 is 0 Å². The van der Waals surface area contributed by atoms with E-state index in [1.165, 1.54) is 10.9 Å². The summed E-state index contributed by atoms with van der Waals surface area (Å²) in [7, 11) is 1.66. The van der Waals surface area contributed by atoms with E-state index in [9.17, 15) is 13.2 Å². The minimum absolute atomic E-state index is 0.467. The molecular formula is C9H11F3N4. The van der Waals surface area contributed by atoms with Gasteiger partial charge in [0.1, 0.15) is 6.04 Å². The van der Waals surface area contributed by atoms with Gasteiger partial charge in [-0.25, -0.2) is 0 Å². The van der Waals surface area contributed by atoms with Gasteiger partial charge in [0, 0.05) is 18.3 Å². The van der Waals surface area contributed by atoms with Gasteiger partial charge in [0.2, 0.25) is 0 Å². The average Bonchev–Trinajstić information content (AvgIpc) is 2.49. The van der Waals surface area contributed by atoms with Crippen molar-refractivity contribution in [1.82, 2.24) is 15.1 Å². The normalized spacial score (nSPS) is 13.5. The highest BCUT2D eigenvalue weighted by Gasteiger charge is 2.29. The Kier molecular flexibility index (Phi) is 3.55. The quantitative estimate of drug-likeness (QED) is 0.858. The summed E-state index contributed by atoms with van der Waals surface area (Å²) in [5.74, 6) is 0. The summed E-state index contributed by atoms with van der Waals surface area (Å²) in [4.78, 5) is 0. The van der Waals surface area contributed by atoms with Gasteiger partial charge in [-0.3, -0.25) is 10.00 Å². The lowest BCUT2D eigenvalue weighted by atomic mass is 10.1. The summed E-state index contributed by atoms with van der Waals surface area (Å²) in [6.07, 6.45) is -2.93. The molecule has 0 amide bonds. The van der Waals surface area contributed by atoms with Gasteiger partial charge in [-0.05, 0) is 6.92 Å². The predicted molar refractivity (Wildman–Crippen MR) is 50.4 cm³/mol. The molecule has 0 aliphatic rings. The molecular weight excluding hydrogens is 221 g/mol. The zero-order valence-electron chi connectivity index (χ0n) is 8.84. The molecule has 1 heterocycles. The van der Waals surface area contributed by atoms with Gasteiger partial charge in [0.05, 0.1) is 18.8 Å². The second-order valence-corrected chi connectivity index (χ2v) is 3.37. The maximum absolute atomic E-state index is 12.0. The largest absolute Gasteiger partial charge is 0.401 e. The first-order chi connectivity index (χ1) is 7.35. The predicted octanol–water partition coefficient (Wildman–Crippen LogP) is 1.45. The number of hydrogen-bond acceptors (Lipinski definition) is 3. The van der Waals surface area contributed by atoms with Crippen molar-refractivity contribution in [3.05, 3.63) is 17.5 Å². The van der Waals surface area contributed by atoms with Crippen LogP contribution in [0.4, 0.5) is 13.2 Å². The summed E-state index contributed by atoms with van der Waals surface area (Å²) in [5.41, 5.74) is 1.13. The summed E-state index contributed by atoms with van der Waals surface area (Å²) in [6, 6.07) is 0.790. The van der Waals surface area contributed by atoms with Crippen LogP contribution < -0.4 is 5.32 Å². The van der Waals surface area contributed by atoms with Crippen LogP contribution in [0.2, 0.25) is 0 Å². The topological polar surface area (TPSA) is 53.6 Å². The van der Waals surface area contributed by atoms with Crippen molar-refractivity contribution in [2.45, 2.75) is 19.1 Å². The third-order valence-corrected chi connectivity index (χ3v) is 2.22. The number of nitrogens with zero attached hydrogens (tertiary/aromatic N) is 3. The number of rotatable bonds is 3. The lowest BCUT2D eigenvalue weighted by molar-refractivity contribution is -0.125. The summed E-state index contributed by atoms with van der Waals surface area (Å²) in [5, 5.41) is 14.8. The number of nitriles is 1. The fraction of sp³-hybridized carbons (Fsp3) is 0.556. The molecule has 7 heteroatoms. The highest BCUT2D eigenvalue weighted by atomic mass is 19.4. The van der Waals surface area contributed by atoms with E-state index in [-0.39, 0.29) is 0 Å². The van der Waals surface area contributed by atoms with Crippen LogP contribution in [0.5, 0.6) is 0 Å². The minimum Gasteiger partial charge on any atom is -0.290 e. The first kappa shape index (κ1) is 12.5. The van der Waals surface area contributed by atoms with Gasteiger partial charge in [-0.15, -0.1) is 0 Å². The van der Waals surface area contributed by atoms with E-state index in [1.807, 2.05) is 0 Å². The van der Waals surface area contributed by atoms with E-state index in [1.54, 1.807) is 20.0 Å². The van der Waals surface area contributed by atoms with E-state index in [4.69, 9.17) is 5.26 Å². The monoisotopic (exact) mass is 232 g/mol. The second-order valence-electron chi connectivity index (χ2n) is 3.37. The minimum atomic E-state index is -4.33. The molecule has 1 N–H and O–H groups in total. The average molecular weight is 232 g/mol. The Bertz CT molecular complexity index is 402. The van der Waals surface area contributed by atoms with Crippen molar-refractivity contribution in [1.29, 1.82) is 5.26 Å². The third-order valence-electron chi connectivity index (χ3n) is 2.22. The molecule has 88 valence electrons. The molecule has 0 aliphatic heterocycles. The van der Waals surface area contributed by atoms with Crippen molar-refractivity contribution in [2.24, 2.45) is 7.05 Å². The molecule has 4 nitrogen and oxygen atoms in total. The molecule has 1 unspecified atom stereocenters. The fourth-order valence-corrected chi connectivity index (χ4v) is 1.24. The number of aromatic nitrogens is 2. The fourth-order valence-electron chi connectivity index (χ4n) is 1.24. The molecule has 1 atom stereocenters. The molecule has 16 heavy (non-hydrogen) atoms. The van der Waals surface area contributed by atoms with Crippen molar-refractivity contribution < 1.29 is 13.2 Å². The van der Waals surface area contributed by atoms with Crippen LogP contribution in [0.3, 0.4) is 0 Å². The van der Waals surface area contributed by atoms with Crippen molar-refractivity contribution in [3.8, 4) is 6.07 Å². The van der Waals surface area contributed by atoms with Gasteiger partial charge in [-0.1, -0.05) is 0 Å². The van der Waals surface area contributed by atoms with Gasteiger partial charge in [-0.2, -0.15) is 23.5 Å². The Morgan fingerprint density at radius 2 is 2.25 bits per heavy atom.